The van der Waals surface area contributed by atoms with E-state index in [1.807, 2.05) is 13.1 Å². The lowest BCUT2D eigenvalue weighted by Crippen LogP contribution is -2.25. The Hall–Kier alpha value is -2.00. The Morgan fingerprint density at radius 3 is 2.77 bits per heavy atom. The van der Waals surface area contributed by atoms with Crippen molar-refractivity contribution in [2.45, 2.75) is 56.9 Å². The topological polar surface area (TPSA) is 46.0 Å². The van der Waals surface area contributed by atoms with E-state index in [4.69, 9.17) is 0 Å². The Morgan fingerprint density at radius 2 is 2.06 bits per heavy atom. The predicted molar refractivity (Wildman–Crippen MR) is 134 cm³/mol. The molecule has 0 aromatic carbocycles. The zero-order valence-electron chi connectivity index (χ0n) is 20.6. The molecule has 5 rings (SSSR count). The van der Waals surface area contributed by atoms with Crippen LogP contribution in [0.15, 0.2) is 46.8 Å². The van der Waals surface area contributed by atoms with E-state index < -0.39 is 11.7 Å². The van der Waals surface area contributed by atoms with Crippen LogP contribution in [0, 0.1) is 17.3 Å². The van der Waals surface area contributed by atoms with Crippen LogP contribution in [0.1, 0.15) is 45.4 Å². The SMILES string of the molecule is CC1=C(c2nnc(SCCCN3CC[C@]4(C[C@@H]4C4C=CC(C(F)(F)F)=CC4)C3)n2C)C=CC(C)N1. The maximum atomic E-state index is 12.9. The van der Waals surface area contributed by atoms with E-state index >= 15 is 0 Å². The van der Waals surface area contributed by atoms with Gasteiger partial charge in [0.25, 0.3) is 0 Å². The van der Waals surface area contributed by atoms with Crippen molar-refractivity contribution in [3.63, 3.8) is 0 Å². The number of aromatic nitrogens is 3. The van der Waals surface area contributed by atoms with E-state index in [1.54, 1.807) is 11.8 Å². The number of allylic oxidation sites excluding steroid dienone is 7. The molecule has 2 aliphatic carbocycles. The maximum absolute atomic E-state index is 12.9. The van der Waals surface area contributed by atoms with Crippen LogP contribution in [-0.4, -0.2) is 57.3 Å². The standard InChI is InChI=1S/C26H34F3N5S/c1-17-5-10-21(18(2)30-17)23-31-32-24(33(23)3)35-14-4-12-34-13-11-25(16-34)15-22(25)19-6-8-20(9-7-19)26(27,28)29/h5-6,8-10,17,19,22,30H,4,7,11-16H2,1-3H3/t17?,19?,22-,25+/m1/s1. The van der Waals surface area contributed by atoms with Gasteiger partial charge in [-0.25, -0.2) is 0 Å². The minimum absolute atomic E-state index is 0.262. The number of dihydropyridines is 1. The highest BCUT2D eigenvalue weighted by Gasteiger charge is 2.59. The lowest BCUT2D eigenvalue weighted by molar-refractivity contribution is -0.0887. The average Bonchev–Trinajstić information content (AvgIpc) is 3.16. The van der Waals surface area contributed by atoms with Crippen molar-refractivity contribution in [3.05, 3.63) is 47.5 Å². The summed E-state index contributed by atoms with van der Waals surface area (Å²) in [4.78, 5) is 2.54. The summed E-state index contributed by atoms with van der Waals surface area (Å²) in [5, 5.41) is 13.2. The van der Waals surface area contributed by atoms with Gasteiger partial charge in [-0.3, -0.25) is 0 Å². The number of hydrogen-bond acceptors (Lipinski definition) is 5. The molecule has 0 bridgehead atoms. The molecular weight excluding hydrogens is 471 g/mol. The lowest BCUT2D eigenvalue weighted by atomic mass is 9.87. The summed E-state index contributed by atoms with van der Waals surface area (Å²) in [6.45, 7) is 7.44. The molecule has 1 spiro atoms. The van der Waals surface area contributed by atoms with Gasteiger partial charge in [-0.15, -0.1) is 10.2 Å². The summed E-state index contributed by atoms with van der Waals surface area (Å²) in [5.74, 6) is 2.66. The van der Waals surface area contributed by atoms with E-state index in [9.17, 15) is 13.2 Å². The largest absolute Gasteiger partial charge is 0.416 e. The molecular formula is C26H34F3N5S. The third-order valence-electron chi connectivity index (χ3n) is 8.02. The zero-order valence-corrected chi connectivity index (χ0v) is 21.4. The van der Waals surface area contributed by atoms with E-state index in [1.165, 1.54) is 18.6 Å². The zero-order chi connectivity index (χ0) is 24.8. The minimum Gasteiger partial charge on any atom is -0.382 e. The molecule has 35 heavy (non-hydrogen) atoms. The van der Waals surface area contributed by atoms with Crippen molar-refractivity contribution in [1.29, 1.82) is 0 Å². The van der Waals surface area contributed by atoms with Gasteiger partial charge in [-0.1, -0.05) is 42.1 Å². The maximum Gasteiger partial charge on any atom is 0.416 e. The van der Waals surface area contributed by atoms with Gasteiger partial charge in [-0.2, -0.15) is 13.2 Å². The fourth-order valence-corrected chi connectivity index (χ4v) is 6.81. The highest BCUT2D eigenvalue weighted by molar-refractivity contribution is 7.99. The van der Waals surface area contributed by atoms with Crippen LogP contribution >= 0.6 is 11.8 Å². The summed E-state index contributed by atoms with van der Waals surface area (Å²) in [7, 11) is 2.02. The molecule has 1 aromatic rings. The number of nitrogens with zero attached hydrogens (tertiary/aromatic N) is 4. The molecule has 0 amide bonds. The number of hydrogen-bond donors (Lipinski definition) is 1. The molecule has 0 radical (unpaired) electrons. The second kappa shape index (κ2) is 9.47. The lowest BCUT2D eigenvalue weighted by Gasteiger charge is -2.21. The number of likely N-dealkylation sites (tertiary alicyclic amines) is 1. The monoisotopic (exact) mass is 505 g/mol. The summed E-state index contributed by atoms with van der Waals surface area (Å²) < 4.78 is 40.7. The quantitative estimate of drug-likeness (QED) is 0.400. The number of nitrogens with one attached hydrogen (secondary N) is 1. The molecule has 1 saturated heterocycles. The Labute approximate surface area is 209 Å². The van der Waals surface area contributed by atoms with Crippen molar-refractivity contribution < 1.29 is 13.2 Å². The Bertz CT molecular complexity index is 1090. The van der Waals surface area contributed by atoms with Crippen LogP contribution in [0.3, 0.4) is 0 Å². The van der Waals surface area contributed by atoms with Gasteiger partial charge < -0.3 is 14.8 Å². The van der Waals surface area contributed by atoms with Crippen LogP contribution < -0.4 is 5.32 Å². The molecule has 9 heteroatoms. The number of alkyl halides is 3. The van der Waals surface area contributed by atoms with Gasteiger partial charge in [0.2, 0.25) is 0 Å². The first kappa shape index (κ1) is 24.7. The molecule has 190 valence electrons. The molecule has 1 saturated carbocycles. The van der Waals surface area contributed by atoms with Crippen molar-refractivity contribution >= 4 is 17.3 Å². The number of rotatable bonds is 7. The highest BCUT2D eigenvalue weighted by atomic mass is 32.2. The van der Waals surface area contributed by atoms with Crippen LogP contribution in [0.25, 0.3) is 5.57 Å². The molecule has 1 aromatic heterocycles. The molecule has 2 fully saturated rings. The van der Waals surface area contributed by atoms with Gasteiger partial charge in [-0.05, 0) is 69.9 Å². The molecule has 1 N–H and O–H groups in total. The van der Waals surface area contributed by atoms with Gasteiger partial charge in [0.1, 0.15) is 0 Å². The second-order valence-corrected chi connectivity index (χ2v) is 11.6. The molecule has 4 atom stereocenters. The molecule has 4 aliphatic rings. The first-order valence-electron chi connectivity index (χ1n) is 12.5. The van der Waals surface area contributed by atoms with E-state index in [0.29, 0.717) is 23.8 Å². The fourth-order valence-electron chi connectivity index (χ4n) is 5.98. The van der Waals surface area contributed by atoms with Gasteiger partial charge in [0.05, 0.1) is 5.57 Å². The summed E-state index contributed by atoms with van der Waals surface area (Å²) >= 11 is 1.75. The molecule has 2 aliphatic heterocycles. The minimum atomic E-state index is -4.23. The van der Waals surface area contributed by atoms with Crippen LogP contribution in [-0.2, 0) is 7.05 Å². The summed E-state index contributed by atoms with van der Waals surface area (Å²) in [6.07, 6.45) is 8.46. The van der Waals surface area contributed by atoms with Crippen LogP contribution in [0.4, 0.5) is 13.2 Å². The van der Waals surface area contributed by atoms with Crippen molar-refractivity contribution in [2.24, 2.45) is 24.3 Å². The number of halogens is 3. The fraction of sp³-hybridized carbons (Fsp3) is 0.615. The Morgan fingerprint density at radius 1 is 1.23 bits per heavy atom. The van der Waals surface area contributed by atoms with Crippen molar-refractivity contribution in [3.8, 4) is 0 Å². The summed E-state index contributed by atoms with van der Waals surface area (Å²) in [5.41, 5.74) is 2.05. The van der Waals surface area contributed by atoms with Gasteiger partial charge >= 0.3 is 6.18 Å². The van der Waals surface area contributed by atoms with Gasteiger partial charge in [0.15, 0.2) is 11.0 Å². The number of thioether (sulfide) groups is 1. The third-order valence-corrected chi connectivity index (χ3v) is 9.13. The molecule has 2 unspecified atom stereocenters. The van der Waals surface area contributed by atoms with Crippen LogP contribution in [0.5, 0.6) is 0 Å². The highest BCUT2D eigenvalue weighted by Crippen LogP contribution is 2.63. The van der Waals surface area contributed by atoms with Gasteiger partial charge in [0, 0.05) is 36.7 Å². The smallest absolute Gasteiger partial charge is 0.382 e. The molecule has 3 heterocycles. The normalized spacial score (nSPS) is 30.8. The predicted octanol–water partition coefficient (Wildman–Crippen LogP) is 5.35. The average molecular weight is 506 g/mol. The van der Waals surface area contributed by atoms with E-state index in [0.717, 1.165) is 60.5 Å². The van der Waals surface area contributed by atoms with Crippen LogP contribution in [0.2, 0.25) is 0 Å². The Balaban J connectivity index is 1.06. The first-order valence-corrected chi connectivity index (χ1v) is 13.5. The molecule has 5 nitrogen and oxygen atoms in total. The van der Waals surface area contributed by atoms with Crippen molar-refractivity contribution in [2.75, 3.05) is 25.4 Å². The van der Waals surface area contributed by atoms with E-state index in [-0.39, 0.29) is 5.92 Å². The third kappa shape index (κ3) is 5.12. The second-order valence-electron chi connectivity index (χ2n) is 10.5. The summed E-state index contributed by atoms with van der Waals surface area (Å²) in [6, 6.07) is 0.328. The van der Waals surface area contributed by atoms with Crippen molar-refractivity contribution in [1.82, 2.24) is 25.0 Å². The first-order chi connectivity index (χ1) is 16.7. The Kier molecular flexibility index (Phi) is 6.68. The van der Waals surface area contributed by atoms with E-state index in [2.05, 4.69) is 51.0 Å².